The molecule has 0 saturated heterocycles. The Kier molecular flexibility index (Phi) is 4.70. The second-order valence-corrected chi connectivity index (χ2v) is 8.13. The van der Waals surface area contributed by atoms with Crippen LogP contribution in [0.15, 0.2) is 56.7 Å². The van der Waals surface area contributed by atoms with Crippen molar-refractivity contribution in [1.82, 2.24) is 4.98 Å². The van der Waals surface area contributed by atoms with Crippen LogP contribution in [0.25, 0.3) is 21.9 Å². The molecule has 4 aromatic rings. The first-order valence-corrected chi connectivity index (χ1v) is 10.0. The fourth-order valence-electron chi connectivity index (χ4n) is 3.22. The van der Waals surface area contributed by atoms with Gasteiger partial charge in [0.25, 0.3) is 0 Å². The second-order valence-electron chi connectivity index (χ2n) is 6.73. The smallest absolute Gasteiger partial charge is 0.336 e. The number of pyridine rings is 1. The molecule has 2 aromatic heterocycles. The van der Waals surface area contributed by atoms with E-state index in [0.29, 0.717) is 16.4 Å². The average Bonchev–Trinajstić information content (AvgIpc) is 2.62. The monoisotopic (exact) mass is 395 g/mol. The summed E-state index contributed by atoms with van der Waals surface area (Å²) in [6.45, 7) is 6.07. The van der Waals surface area contributed by atoms with Crippen LogP contribution >= 0.6 is 23.4 Å². The van der Waals surface area contributed by atoms with Crippen LogP contribution in [0, 0.1) is 20.8 Å². The lowest BCUT2D eigenvalue weighted by Crippen LogP contribution is -2.00. The first-order chi connectivity index (χ1) is 12.9. The van der Waals surface area contributed by atoms with Gasteiger partial charge in [-0.15, -0.1) is 11.8 Å². The molecule has 0 aliphatic heterocycles. The largest absolute Gasteiger partial charge is 0.423 e. The molecule has 0 N–H and O–H groups in total. The number of aromatic nitrogens is 1. The van der Waals surface area contributed by atoms with Gasteiger partial charge in [0.05, 0.1) is 10.5 Å². The van der Waals surface area contributed by atoms with Crippen LogP contribution < -0.4 is 5.63 Å². The van der Waals surface area contributed by atoms with E-state index in [1.54, 1.807) is 17.8 Å². The van der Waals surface area contributed by atoms with E-state index < -0.39 is 0 Å². The SMILES string of the molecule is Cc1cc2oc(=O)cc(CSc3cc(C)c4cccc(C)c4n3)c2cc1Cl. The average molecular weight is 396 g/mol. The molecule has 2 aromatic carbocycles. The van der Waals surface area contributed by atoms with Crippen LogP contribution in [0.3, 0.4) is 0 Å². The van der Waals surface area contributed by atoms with Crippen molar-refractivity contribution in [3.05, 3.63) is 80.2 Å². The minimum atomic E-state index is -0.349. The number of benzene rings is 2. The molecule has 0 radical (unpaired) electrons. The molecule has 0 amide bonds. The van der Waals surface area contributed by atoms with Gasteiger partial charge in [0.15, 0.2) is 0 Å². The lowest BCUT2D eigenvalue weighted by atomic mass is 10.1. The fraction of sp³-hybridized carbons (Fsp3) is 0.182. The maximum atomic E-state index is 12.0. The lowest BCUT2D eigenvalue weighted by Gasteiger charge is -2.10. The number of rotatable bonds is 3. The molecule has 27 heavy (non-hydrogen) atoms. The predicted octanol–water partition coefficient (Wildman–Crippen LogP) is 6.21. The number of nitrogens with zero attached hydrogens (tertiary/aromatic N) is 1. The van der Waals surface area contributed by atoms with Crippen LogP contribution in [-0.4, -0.2) is 4.98 Å². The third kappa shape index (κ3) is 3.47. The zero-order chi connectivity index (χ0) is 19.1. The molecule has 0 aliphatic rings. The molecule has 136 valence electrons. The summed E-state index contributed by atoms with van der Waals surface area (Å²) < 4.78 is 5.34. The van der Waals surface area contributed by atoms with E-state index in [4.69, 9.17) is 21.0 Å². The van der Waals surface area contributed by atoms with Gasteiger partial charge in [-0.25, -0.2) is 9.78 Å². The van der Waals surface area contributed by atoms with Crippen molar-refractivity contribution in [2.45, 2.75) is 31.6 Å². The highest BCUT2D eigenvalue weighted by molar-refractivity contribution is 7.98. The quantitative estimate of drug-likeness (QED) is 0.305. The van der Waals surface area contributed by atoms with E-state index in [0.717, 1.165) is 32.6 Å². The zero-order valence-corrected chi connectivity index (χ0v) is 16.9. The van der Waals surface area contributed by atoms with Gasteiger partial charge in [-0.05, 0) is 61.2 Å². The highest BCUT2D eigenvalue weighted by atomic mass is 35.5. The Morgan fingerprint density at radius 2 is 1.81 bits per heavy atom. The molecule has 3 nitrogen and oxygen atoms in total. The van der Waals surface area contributed by atoms with E-state index >= 15 is 0 Å². The Bertz CT molecular complexity index is 1250. The van der Waals surface area contributed by atoms with Gasteiger partial charge in [0.1, 0.15) is 5.58 Å². The summed E-state index contributed by atoms with van der Waals surface area (Å²) in [5.41, 5.74) is 5.39. The standard InChI is InChI=1S/C22H18ClNO2S/c1-12-5-4-6-16-13(2)8-20(24-22(12)16)27-11-15-9-21(25)26-19-7-14(3)18(23)10-17(15)19/h4-10H,11H2,1-3H3. The maximum Gasteiger partial charge on any atom is 0.336 e. The number of hydrogen-bond acceptors (Lipinski definition) is 4. The van der Waals surface area contributed by atoms with E-state index in [9.17, 15) is 4.79 Å². The van der Waals surface area contributed by atoms with E-state index in [1.807, 2.05) is 19.1 Å². The van der Waals surface area contributed by atoms with Crippen LogP contribution in [0.2, 0.25) is 5.02 Å². The van der Waals surface area contributed by atoms with Crippen molar-refractivity contribution in [3.63, 3.8) is 0 Å². The number of hydrogen-bond donors (Lipinski definition) is 0. The van der Waals surface area contributed by atoms with E-state index in [2.05, 4.69) is 38.1 Å². The van der Waals surface area contributed by atoms with E-state index in [-0.39, 0.29) is 5.63 Å². The minimum Gasteiger partial charge on any atom is -0.423 e. The Balaban J connectivity index is 1.74. The Labute approximate surface area is 166 Å². The van der Waals surface area contributed by atoms with Gasteiger partial charge >= 0.3 is 5.63 Å². The number of para-hydroxylation sites is 1. The van der Waals surface area contributed by atoms with Crippen LogP contribution in [0.1, 0.15) is 22.3 Å². The Morgan fingerprint density at radius 3 is 2.63 bits per heavy atom. The Morgan fingerprint density at radius 1 is 1.00 bits per heavy atom. The summed E-state index contributed by atoms with van der Waals surface area (Å²) in [5, 5.41) is 3.64. The highest BCUT2D eigenvalue weighted by Crippen LogP contribution is 2.31. The molecular formula is C22H18ClNO2S. The predicted molar refractivity (Wildman–Crippen MR) is 113 cm³/mol. The first kappa shape index (κ1) is 18.1. The molecule has 0 spiro atoms. The van der Waals surface area contributed by atoms with Gasteiger partial charge in [-0.3, -0.25) is 0 Å². The van der Waals surface area contributed by atoms with Crippen molar-refractivity contribution >= 4 is 45.2 Å². The first-order valence-electron chi connectivity index (χ1n) is 8.65. The molecule has 0 fully saturated rings. The van der Waals surface area contributed by atoms with Crippen LogP contribution in [0.5, 0.6) is 0 Å². The number of aryl methyl sites for hydroxylation is 3. The lowest BCUT2D eigenvalue weighted by molar-refractivity contribution is 0.559. The molecule has 0 unspecified atom stereocenters. The molecule has 4 rings (SSSR count). The molecule has 5 heteroatoms. The van der Waals surface area contributed by atoms with Gasteiger partial charge in [0.2, 0.25) is 0 Å². The third-order valence-electron chi connectivity index (χ3n) is 4.71. The number of halogens is 1. The molecule has 0 atom stereocenters. The molecule has 0 saturated carbocycles. The van der Waals surface area contributed by atoms with Crippen LogP contribution in [0.4, 0.5) is 0 Å². The van der Waals surface area contributed by atoms with Crippen molar-refractivity contribution < 1.29 is 4.42 Å². The number of thioether (sulfide) groups is 1. The summed E-state index contributed by atoms with van der Waals surface area (Å²) >= 11 is 7.89. The van der Waals surface area contributed by atoms with Gasteiger partial charge in [0, 0.05) is 27.6 Å². The van der Waals surface area contributed by atoms with Crippen molar-refractivity contribution in [3.8, 4) is 0 Å². The van der Waals surface area contributed by atoms with Gasteiger partial charge in [-0.2, -0.15) is 0 Å². The molecule has 0 aliphatic carbocycles. The summed E-state index contributed by atoms with van der Waals surface area (Å²) in [6, 6.07) is 13.5. The fourth-order valence-corrected chi connectivity index (χ4v) is 4.35. The van der Waals surface area contributed by atoms with Crippen molar-refractivity contribution in [2.75, 3.05) is 0 Å². The van der Waals surface area contributed by atoms with Crippen LogP contribution in [-0.2, 0) is 5.75 Å². The molecule has 0 bridgehead atoms. The zero-order valence-electron chi connectivity index (χ0n) is 15.3. The van der Waals surface area contributed by atoms with Crippen molar-refractivity contribution in [2.24, 2.45) is 0 Å². The number of fused-ring (bicyclic) bond motifs is 2. The summed E-state index contributed by atoms with van der Waals surface area (Å²) in [7, 11) is 0. The second kappa shape index (κ2) is 7.02. The summed E-state index contributed by atoms with van der Waals surface area (Å²) in [4.78, 5) is 16.8. The molecular weight excluding hydrogens is 378 g/mol. The summed E-state index contributed by atoms with van der Waals surface area (Å²) in [5.74, 6) is 0.616. The van der Waals surface area contributed by atoms with Crippen molar-refractivity contribution in [1.29, 1.82) is 0 Å². The maximum absolute atomic E-state index is 12.0. The molecule has 2 heterocycles. The third-order valence-corrected chi connectivity index (χ3v) is 6.08. The Hall–Kier alpha value is -2.30. The van der Waals surface area contributed by atoms with E-state index in [1.165, 1.54) is 10.9 Å². The topological polar surface area (TPSA) is 43.1 Å². The summed E-state index contributed by atoms with van der Waals surface area (Å²) in [6.07, 6.45) is 0. The highest BCUT2D eigenvalue weighted by Gasteiger charge is 2.11. The van der Waals surface area contributed by atoms with Gasteiger partial charge in [-0.1, -0.05) is 29.8 Å². The minimum absolute atomic E-state index is 0.349. The van der Waals surface area contributed by atoms with Gasteiger partial charge < -0.3 is 4.42 Å². The normalized spacial score (nSPS) is 11.4.